The van der Waals surface area contributed by atoms with Gasteiger partial charge in [-0.3, -0.25) is 0 Å². The van der Waals surface area contributed by atoms with Crippen LogP contribution in [0.3, 0.4) is 0 Å². The van der Waals surface area contributed by atoms with E-state index >= 15 is 0 Å². The molecule has 9 aromatic rings. The van der Waals surface area contributed by atoms with E-state index in [1.807, 2.05) is 142 Å². The Labute approximate surface area is 891 Å². The van der Waals surface area contributed by atoms with Gasteiger partial charge in [0.2, 0.25) is 11.6 Å². The molecule has 18 nitrogen and oxygen atoms in total. The number of hydrogen-bond donors (Lipinski definition) is 0. The van der Waals surface area contributed by atoms with Crippen molar-refractivity contribution in [1.82, 2.24) is 0 Å². The lowest BCUT2D eigenvalue weighted by Crippen LogP contribution is -2.61. The molecular weight excluding hydrogens is 2120 g/mol. The Balaban J connectivity index is 0.000000585. The smallest absolute Gasteiger partial charge is 0.450 e. The summed E-state index contributed by atoms with van der Waals surface area (Å²) in [4.78, 5) is 2.99. The Morgan fingerprint density at radius 2 is 0.567 bits per heavy atom. The van der Waals surface area contributed by atoms with Crippen LogP contribution in [-0.4, -0.2) is 101 Å². The zero-order valence-corrected chi connectivity index (χ0v) is 91.7. The number of allylic oxidation sites excluding steroid dienone is 16. The standard InChI is InChI=1S/C17H16F4O4S.C14H22O4S.4C14H15S.C13H14F6O6S2.C13H20O4S/c1-3-9(2)11-6-4-10(5-7-11)8-25-16-12(18)14(20)17(26(22,23)24)15(21)13(16)19;1-3-12(2)13-6-8-14(9-7-13)18-10-4-5-11-19(15,16)17;4*1-3-5-12-15(13-6-4-2)14-10-8-7-9-11-14;1-3-8(2)9-4-6-10(7-5-9)25-27(23,24)13(18,19)11(14,15)12(16,17)26(20,21)22;1-3-11(2)12-5-7-13(8-6-12)17-9-4-10-18(14,15)16/h4-7,9H,3,8H2,1-2H3,(H,22,23,24);6-9,12H,3-5,10-11H2,1-2H3,(H,15,16,17);4*3-13H,1-2H2;4-8H,3H2,1-2H3,(H,20,21,22);5-8,11H,3-4,9-10H2,1-2H3,(H,14,15,16)/q;;4*+1;;/p-4/b;;4*12-5+,13-6+;;. The van der Waals surface area contributed by atoms with E-state index in [-0.39, 0.29) is 74.0 Å². The van der Waals surface area contributed by atoms with Gasteiger partial charge in [0.25, 0.3) is 0 Å². The third-order valence-corrected chi connectivity index (χ3v) is 32.0. The van der Waals surface area contributed by atoms with Crippen LogP contribution in [0.1, 0.15) is 152 Å². The summed E-state index contributed by atoms with van der Waals surface area (Å²) < 4.78 is 302. The average molecular weight is 2250 g/mol. The Morgan fingerprint density at radius 3 is 0.807 bits per heavy atom. The molecule has 0 heterocycles. The first-order valence-electron chi connectivity index (χ1n) is 46.3. The molecule has 0 bridgehead atoms. The molecule has 37 heteroatoms. The third kappa shape index (κ3) is 49.2. The van der Waals surface area contributed by atoms with Crippen LogP contribution >= 0.6 is 0 Å². The molecule has 150 heavy (non-hydrogen) atoms. The second kappa shape index (κ2) is 70.4. The van der Waals surface area contributed by atoms with Crippen LogP contribution < -0.4 is 18.4 Å². The SMILES string of the molecule is C=C/C=C/[S+](/C=C/C=C)c1ccccc1.C=C/C=C/[S+](/C=C/C=C)c1ccccc1.C=C/C=C/[S+](/C=C/C=C)c1ccccc1.C=C/C=C/[S+](/C=C/C=C)c1ccccc1.CCC(C)c1ccc(COc2c(F)c(F)c(S(=O)(=O)[O-])c(F)c2F)cc1.CCC(C)c1ccc(OCCCCS(=O)(=O)[O-])cc1.CCC(C)c1ccc(OCCCS(=O)(=O)[O-])cc1.CCC(C)c1ccc(OS(=O)(=O)C(F)(F)C(F)(F)C(F)(F)S(=O)(=O)[O-])cc1. The molecule has 9 aromatic carbocycles. The molecule has 812 valence electrons. The van der Waals surface area contributed by atoms with Gasteiger partial charge < -0.3 is 36.6 Å². The predicted octanol–water partition coefficient (Wildman–Crippen LogP) is 29.2. The highest BCUT2D eigenvalue weighted by molar-refractivity contribution is 8.03. The molecule has 0 amide bonds. The number of benzene rings is 9. The number of alkyl halides is 6. The molecule has 4 atom stereocenters. The average Bonchev–Trinajstić information content (AvgIpc) is 0.720. The summed E-state index contributed by atoms with van der Waals surface area (Å²) in [5.41, 5.74) is 4.66. The lowest BCUT2D eigenvalue weighted by molar-refractivity contribution is -0.247. The molecule has 0 spiro atoms. The van der Waals surface area contributed by atoms with Gasteiger partial charge in [-0.1, -0.05) is 290 Å². The molecule has 0 fully saturated rings. The fourth-order valence-corrected chi connectivity index (χ4v) is 20.3. The van der Waals surface area contributed by atoms with Crippen LogP contribution in [0.25, 0.3) is 0 Å². The maximum absolute atomic E-state index is 13.8. The summed E-state index contributed by atoms with van der Waals surface area (Å²) >= 11 is 0. The highest BCUT2D eigenvalue weighted by Gasteiger charge is 2.81. The number of unbranched alkanes of at least 4 members (excludes halogenated alkanes) is 1. The lowest BCUT2D eigenvalue weighted by Gasteiger charge is -2.32. The van der Waals surface area contributed by atoms with E-state index in [9.17, 15) is 104 Å². The van der Waals surface area contributed by atoms with Crippen molar-refractivity contribution < 1.29 is 123 Å². The summed E-state index contributed by atoms with van der Waals surface area (Å²) in [5.74, 6) is -16.1. The van der Waals surface area contributed by atoms with E-state index in [1.165, 1.54) is 42.8 Å². The van der Waals surface area contributed by atoms with Crippen LogP contribution in [0.4, 0.5) is 43.9 Å². The van der Waals surface area contributed by atoms with E-state index in [0.29, 0.717) is 60.5 Å². The van der Waals surface area contributed by atoms with Gasteiger partial charge in [-0.05, 0) is 230 Å². The molecule has 4 unspecified atom stereocenters. The normalized spacial score (nSPS) is 12.8. The van der Waals surface area contributed by atoms with Crippen molar-refractivity contribution in [2.45, 2.75) is 172 Å². The van der Waals surface area contributed by atoms with Crippen molar-refractivity contribution in [3.63, 3.8) is 0 Å². The fraction of sp³-hybridized carbons (Fsp3) is 0.239. The fourth-order valence-electron chi connectivity index (χ4n) is 11.5. The van der Waals surface area contributed by atoms with Gasteiger partial charge in [0.1, 0.15) is 82.1 Å². The van der Waals surface area contributed by atoms with Gasteiger partial charge in [0.05, 0.1) is 77.0 Å². The highest BCUT2D eigenvalue weighted by Crippen LogP contribution is 2.51. The first-order chi connectivity index (χ1) is 70.9. The molecule has 0 saturated heterocycles. The van der Waals surface area contributed by atoms with Crippen molar-refractivity contribution in [3.05, 3.63) is 463 Å². The van der Waals surface area contributed by atoms with Gasteiger partial charge in [-0.15, -0.1) is 0 Å². The van der Waals surface area contributed by atoms with Gasteiger partial charge in [0, 0.05) is 11.5 Å². The van der Waals surface area contributed by atoms with Crippen LogP contribution in [0, 0.1) is 23.3 Å². The highest BCUT2D eigenvalue weighted by atomic mass is 32.2. The predicted molar refractivity (Wildman–Crippen MR) is 590 cm³/mol. The van der Waals surface area contributed by atoms with E-state index < -0.39 is 113 Å². The molecule has 0 radical (unpaired) electrons. The Morgan fingerprint density at radius 1 is 0.320 bits per heavy atom. The maximum atomic E-state index is 13.8. The first-order valence-corrected chi connectivity index (χ1v) is 59.1. The second-order valence-corrected chi connectivity index (χ2v) is 45.9. The summed E-state index contributed by atoms with van der Waals surface area (Å²) in [7, 11) is -28.1. The van der Waals surface area contributed by atoms with Gasteiger partial charge in [0.15, 0.2) is 47.1 Å². The summed E-state index contributed by atoms with van der Waals surface area (Å²) in [6, 6.07) is 68.2. The minimum atomic E-state index is -7.33. The van der Waals surface area contributed by atoms with Gasteiger partial charge in [-0.25, -0.2) is 42.5 Å². The number of rotatable bonds is 49. The Hall–Kier alpha value is -11.7. The molecule has 0 aromatic heterocycles. The van der Waals surface area contributed by atoms with Crippen molar-refractivity contribution in [1.29, 1.82) is 0 Å². The largest absolute Gasteiger partial charge is 0.748 e. The first kappa shape index (κ1) is 134. The zero-order valence-electron chi connectivity index (χ0n) is 84.4. The maximum Gasteiger partial charge on any atom is 0.450 e. The minimum Gasteiger partial charge on any atom is -0.748 e. The lowest BCUT2D eigenvalue weighted by atomic mass is 9.98. The number of hydrogen-bond acceptors (Lipinski definition) is 18. The van der Waals surface area contributed by atoms with E-state index in [0.717, 1.165) is 42.7 Å². The van der Waals surface area contributed by atoms with E-state index in [1.54, 1.807) is 79.8 Å². The van der Waals surface area contributed by atoms with Crippen LogP contribution in [0.5, 0.6) is 23.0 Å². The van der Waals surface area contributed by atoms with Crippen LogP contribution in [0.15, 0.2) is 436 Å². The molecule has 0 aliphatic carbocycles. The molecule has 0 saturated carbocycles. The zero-order chi connectivity index (χ0) is 113. The van der Waals surface area contributed by atoms with Gasteiger partial charge in [-0.2, -0.15) is 43.5 Å². The topological polar surface area (TPSA) is 300 Å². The van der Waals surface area contributed by atoms with Crippen molar-refractivity contribution in [3.8, 4) is 23.0 Å². The van der Waals surface area contributed by atoms with E-state index in [4.69, 9.17) is 14.2 Å². The quantitative estimate of drug-likeness (QED) is 0.00650. The van der Waals surface area contributed by atoms with Crippen LogP contribution in [0.2, 0.25) is 0 Å². The van der Waals surface area contributed by atoms with Crippen molar-refractivity contribution in [2.24, 2.45) is 0 Å². The summed E-state index contributed by atoms with van der Waals surface area (Å²) in [5, 5.41) is 3.47. The Kier molecular flexibility index (Phi) is 63.1. The summed E-state index contributed by atoms with van der Waals surface area (Å²) in [6.45, 7) is 45.9. The Bertz CT molecular complexity index is 6080. The van der Waals surface area contributed by atoms with Crippen molar-refractivity contribution >= 4 is 94.2 Å². The molecule has 0 N–H and O–H groups in total. The second-order valence-electron chi connectivity index (χ2n) is 31.5. The summed E-state index contributed by atoms with van der Waals surface area (Å²) in [6.07, 6.45) is 35.1. The molecule has 0 aliphatic heterocycles. The number of ether oxygens (including phenoxy) is 3. The molecule has 9 rings (SSSR count). The van der Waals surface area contributed by atoms with Gasteiger partial charge >= 0.3 is 26.5 Å². The third-order valence-electron chi connectivity index (χ3n) is 20.5. The minimum absolute atomic E-state index is 0.00877. The van der Waals surface area contributed by atoms with E-state index in [2.05, 4.69) is 225 Å². The van der Waals surface area contributed by atoms with Crippen LogP contribution in [-0.2, 0) is 101 Å². The van der Waals surface area contributed by atoms with Crippen molar-refractivity contribution in [2.75, 3.05) is 24.7 Å². The monoisotopic (exact) mass is 2250 g/mol. The molecule has 0 aliphatic rings. The molecular formula is C113H128F10O18S9. The number of halogens is 10.